The Morgan fingerprint density at radius 3 is 2.70 bits per heavy atom. The Hall–Kier alpha value is -3.93. The van der Waals surface area contributed by atoms with Crippen LogP contribution in [0, 0.1) is 0 Å². The number of allylic oxidation sites excluding steroid dienone is 5. The number of pyridine rings is 1. The summed E-state index contributed by atoms with van der Waals surface area (Å²) in [6.45, 7) is 6.72. The van der Waals surface area contributed by atoms with Gasteiger partial charge in [0.25, 0.3) is 0 Å². The van der Waals surface area contributed by atoms with E-state index in [0.717, 1.165) is 57.1 Å². The van der Waals surface area contributed by atoms with Crippen molar-refractivity contribution in [3.05, 3.63) is 89.9 Å². The molecule has 0 saturated carbocycles. The zero-order valence-corrected chi connectivity index (χ0v) is 19.3. The van der Waals surface area contributed by atoms with Crippen molar-refractivity contribution >= 4 is 11.5 Å². The molecule has 168 valence electrons. The Balaban J connectivity index is 1.62. The quantitative estimate of drug-likeness (QED) is 0.514. The molecule has 0 fully saturated rings. The van der Waals surface area contributed by atoms with E-state index in [-0.39, 0.29) is 0 Å². The van der Waals surface area contributed by atoms with Gasteiger partial charge in [0.05, 0.1) is 25.6 Å². The zero-order chi connectivity index (χ0) is 23.2. The topological polar surface area (TPSA) is 69.2 Å². The molecule has 4 rings (SSSR count). The van der Waals surface area contributed by atoms with E-state index in [1.54, 1.807) is 14.2 Å². The van der Waals surface area contributed by atoms with E-state index >= 15 is 0 Å². The molecule has 1 aromatic carbocycles. The molecule has 2 heterocycles. The summed E-state index contributed by atoms with van der Waals surface area (Å²) >= 11 is 0. The van der Waals surface area contributed by atoms with Gasteiger partial charge in [-0.3, -0.25) is 4.98 Å². The third kappa shape index (κ3) is 4.65. The van der Waals surface area contributed by atoms with Crippen LogP contribution in [-0.4, -0.2) is 35.7 Å². The minimum atomic E-state index is 0.589. The van der Waals surface area contributed by atoms with Crippen molar-refractivity contribution in [3.63, 3.8) is 0 Å². The summed E-state index contributed by atoms with van der Waals surface area (Å²) < 4.78 is 10.7. The second-order valence-corrected chi connectivity index (χ2v) is 7.64. The minimum absolute atomic E-state index is 0.589. The van der Waals surface area contributed by atoms with Crippen molar-refractivity contribution in [3.8, 4) is 22.8 Å². The van der Waals surface area contributed by atoms with Gasteiger partial charge in [-0.05, 0) is 54.3 Å². The summed E-state index contributed by atoms with van der Waals surface area (Å²) in [7, 11) is 3.28. The SMILES string of the molecule is C=CC1=C(C=CC)c2cnc(NCCc3ccc(OC)c(OC)c3)nc2-c2cccnc2C1. The van der Waals surface area contributed by atoms with Crippen LogP contribution in [-0.2, 0) is 12.8 Å². The van der Waals surface area contributed by atoms with Crippen LogP contribution >= 0.6 is 0 Å². The number of ether oxygens (including phenoxy) is 2. The number of hydrogen-bond acceptors (Lipinski definition) is 6. The molecule has 6 nitrogen and oxygen atoms in total. The average molecular weight is 441 g/mol. The van der Waals surface area contributed by atoms with E-state index in [4.69, 9.17) is 14.5 Å². The van der Waals surface area contributed by atoms with Gasteiger partial charge in [0.2, 0.25) is 5.95 Å². The predicted molar refractivity (Wildman–Crippen MR) is 133 cm³/mol. The van der Waals surface area contributed by atoms with E-state index < -0.39 is 0 Å². The molecule has 2 aromatic heterocycles. The van der Waals surface area contributed by atoms with Gasteiger partial charge in [0.1, 0.15) is 0 Å². The first-order chi connectivity index (χ1) is 16.2. The van der Waals surface area contributed by atoms with Gasteiger partial charge in [-0.2, -0.15) is 0 Å². The lowest BCUT2D eigenvalue weighted by molar-refractivity contribution is 0.354. The molecule has 1 aliphatic carbocycles. The molecule has 1 N–H and O–H groups in total. The molecule has 6 heteroatoms. The highest BCUT2D eigenvalue weighted by Gasteiger charge is 2.22. The molecule has 3 aromatic rings. The van der Waals surface area contributed by atoms with Gasteiger partial charge >= 0.3 is 0 Å². The molecule has 0 radical (unpaired) electrons. The Bertz CT molecular complexity index is 1230. The minimum Gasteiger partial charge on any atom is -0.493 e. The van der Waals surface area contributed by atoms with Crippen LogP contribution < -0.4 is 14.8 Å². The van der Waals surface area contributed by atoms with E-state index in [1.165, 1.54) is 0 Å². The molecular weight excluding hydrogens is 412 g/mol. The number of nitrogens with zero attached hydrogens (tertiary/aromatic N) is 3. The summed E-state index contributed by atoms with van der Waals surface area (Å²) in [6, 6.07) is 9.96. The van der Waals surface area contributed by atoms with Crippen LogP contribution in [0.3, 0.4) is 0 Å². The Labute approximate surface area is 194 Å². The highest BCUT2D eigenvalue weighted by atomic mass is 16.5. The molecule has 0 amide bonds. The molecule has 0 aliphatic heterocycles. The summed E-state index contributed by atoms with van der Waals surface area (Å²) in [5, 5.41) is 3.36. The molecule has 0 saturated heterocycles. The first-order valence-corrected chi connectivity index (χ1v) is 10.9. The maximum absolute atomic E-state index is 5.40. The molecular formula is C27H28N4O2. The highest BCUT2D eigenvalue weighted by molar-refractivity contribution is 5.89. The van der Waals surface area contributed by atoms with E-state index in [2.05, 4.69) is 34.0 Å². The maximum atomic E-state index is 5.40. The fourth-order valence-corrected chi connectivity index (χ4v) is 4.01. The van der Waals surface area contributed by atoms with Gasteiger partial charge < -0.3 is 14.8 Å². The maximum Gasteiger partial charge on any atom is 0.223 e. The van der Waals surface area contributed by atoms with Crippen molar-refractivity contribution in [2.45, 2.75) is 19.8 Å². The smallest absolute Gasteiger partial charge is 0.223 e. The van der Waals surface area contributed by atoms with Gasteiger partial charge in [-0.1, -0.05) is 30.9 Å². The van der Waals surface area contributed by atoms with E-state index in [0.29, 0.717) is 18.9 Å². The van der Waals surface area contributed by atoms with Crippen LogP contribution in [0.25, 0.3) is 16.8 Å². The largest absolute Gasteiger partial charge is 0.493 e. The lowest BCUT2D eigenvalue weighted by Crippen LogP contribution is -2.09. The molecule has 0 unspecified atom stereocenters. The van der Waals surface area contributed by atoms with Gasteiger partial charge in [-0.25, -0.2) is 9.97 Å². The van der Waals surface area contributed by atoms with Crippen molar-refractivity contribution in [1.82, 2.24) is 15.0 Å². The number of fused-ring (bicyclic) bond motifs is 3. The summed E-state index contributed by atoms with van der Waals surface area (Å²) in [4.78, 5) is 14.1. The number of rotatable bonds is 8. The van der Waals surface area contributed by atoms with Crippen molar-refractivity contribution < 1.29 is 9.47 Å². The Morgan fingerprint density at radius 1 is 1.09 bits per heavy atom. The number of benzene rings is 1. The lowest BCUT2D eigenvalue weighted by Gasteiger charge is -2.13. The highest BCUT2D eigenvalue weighted by Crippen LogP contribution is 2.37. The fourth-order valence-electron chi connectivity index (χ4n) is 4.01. The third-order valence-electron chi connectivity index (χ3n) is 5.65. The Morgan fingerprint density at radius 2 is 1.94 bits per heavy atom. The number of aromatic nitrogens is 3. The second-order valence-electron chi connectivity index (χ2n) is 7.64. The number of anilines is 1. The third-order valence-corrected chi connectivity index (χ3v) is 5.65. The first kappa shape index (κ1) is 22.3. The van der Waals surface area contributed by atoms with E-state index in [1.807, 2.05) is 55.7 Å². The molecule has 1 aliphatic rings. The summed E-state index contributed by atoms with van der Waals surface area (Å²) in [5.41, 5.74) is 7.21. The van der Waals surface area contributed by atoms with E-state index in [9.17, 15) is 0 Å². The molecule has 33 heavy (non-hydrogen) atoms. The summed E-state index contributed by atoms with van der Waals surface area (Å²) in [6.07, 6.45) is 11.2. The lowest BCUT2D eigenvalue weighted by atomic mass is 9.99. The molecule has 0 bridgehead atoms. The van der Waals surface area contributed by atoms with Gasteiger partial charge in [-0.15, -0.1) is 0 Å². The van der Waals surface area contributed by atoms with Crippen molar-refractivity contribution in [1.29, 1.82) is 0 Å². The first-order valence-electron chi connectivity index (χ1n) is 10.9. The zero-order valence-electron chi connectivity index (χ0n) is 19.3. The van der Waals surface area contributed by atoms with Crippen LogP contribution in [0.4, 0.5) is 5.95 Å². The van der Waals surface area contributed by atoms with Crippen molar-refractivity contribution in [2.75, 3.05) is 26.1 Å². The van der Waals surface area contributed by atoms with Crippen LogP contribution in [0.5, 0.6) is 11.5 Å². The van der Waals surface area contributed by atoms with Gasteiger partial charge in [0.15, 0.2) is 11.5 Å². The van der Waals surface area contributed by atoms with Crippen LogP contribution in [0.15, 0.2) is 73.1 Å². The fraction of sp³-hybridized carbons (Fsp3) is 0.222. The Kier molecular flexibility index (Phi) is 6.83. The number of nitrogens with one attached hydrogen (secondary N) is 1. The standard InChI is InChI=1S/C27H28N4O2/c1-5-8-20-19(6-2)16-23-21(9-7-13-28-23)26-22(20)17-30-27(31-26)29-14-12-18-10-11-24(32-3)25(15-18)33-4/h5-11,13,15,17H,2,12,14,16H2,1,3-4H3,(H,29,30,31). The van der Waals surface area contributed by atoms with Crippen LogP contribution in [0.1, 0.15) is 23.7 Å². The molecule has 0 spiro atoms. The average Bonchev–Trinajstić information content (AvgIpc) is 2.98. The van der Waals surface area contributed by atoms with Gasteiger partial charge in [0, 0.05) is 36.5 Å². The number of methoxy groups -OCH3 is 2. The summed E-state index contributed by atoms with van der Waals surface area (Å²) in [5.74, 6) is 2.03. The monoisotopic (exact) mass is 440 g/mol. The number of hydrogen-bond donors (Lipinski definition) is 1. The normalized spacial score (nSPS) is 12.7. The van der Waals surface area contributed by atoms with Crippen molar-refractivity contribution in [2.24, 2.45) is 0 Å². The molecule has 0 atom stereocenters. The second kappa shape index (κ2) is 10.1. The van der Waals surface area contributed by atoms with Crippen LogP contribution in [0.2, 0.25) is 0 Å². The predicted octanol–water partition coefficient (Wildman–Crippen LogP) is 5.28.